The number of rotatable bonds is 5. The molecule has 5 nitrogen and oxygen atoms in total. The van der Waals surface area contributed by atoms with E-state index >= 15 is 0 Å². The molecule has 1 saturated heterocycles. The van der Waals surface area contributed by atoms with E-state index in [0.717, 1.165) is 5.69 Å². The summed E-state index contributed by atoms with van der Waals surface area (Å²) in [4.78, 5) is 18.4. The molecule has 2 atom stereocenters. The lowest BCUT2D eigenvalue weighted by molar-refractivity contribution is 0.0671. The SMILES string of the molecule is O=C(Nc1ccccc1)N[C@@H]1CCN(CC(F)F)C[C@H]1c1ccc(Cl)cn1. The van der Waals surface area contributed by atoms with Crippen LogP contribution in [-0.4, -0.2) is 48.0 Å². The summed E-state index contributed by atoms with van der Waals surface area (Å²) in [5.41, 5.74) is 1.41. The van der Waals surface area contributed by atoms with Crippen molar-refractivity contribution in [2.75, 3.05) is 25.0 Å². The van der Waals surface area contributed by atoms with Gasteiger partial charge in [-0.1, -0.05) is 29.8 Å². The van der Waals surface area contributed by atoms with Crippen molar-refractivity contribution in [3.8, 4) is 0 Å². The van der Waals surface area contributed by atoms with Gasteiger partial charge in [-0.15, -0.1) is 0 Å². The van der Waals surface area contributed by atoms with Crippen molar-refractivity contribution in [3.63, 3.8) is 0 Å². The Kier molecular flexibility index (Phi) is 6.58. The first-order chi connectivity index (χ1) is 13.0. The number of amides is 2. The van der Waals surface area contributed by atoms with Crippen molar-refractivity contribution in [1.29, 1.82) is 0 Å². The van der Waals surface area contributed by atoms with E-state index in [0.29, 0.717) is 30.2 Å². The third kappa shape index (κ3) is 5.61. The average molecular weight is 395 g/mol. The second-order valence-corrected chi connectivity index (χ2v) is 6.95. The maximum absolute atomic E-state index is 12.8. The van der Waals surface area contributed by atoms with Gasteiger partial charge >= 0.3 is 6.03 Å². The molecule has 8 heteroatoms. The second-order valence-electron chi connectivity index (χ2n) is 6.52. The smallest absolute Gasteiger partial charge is 0.319 e. The zero-order valence-corrected chi connectivity index (χ0v) is 15.4. The van der Waals surface area contributed by atoms with Crippen LogP contribution in [-0.2, 0) is 0 Å². The number of para-hydroxylation sites is 1. The molecule has 1 aromatic carbocycles. The van der Waals surface area contributed by atoms with Crippen LogP contribution in [0, 0.1) is 0 Å². The zero-order chi connectivity index (χ0) is 19.2. The van der Waals surface area contributed by atoms with Crippen LogP contribution in [0.4, 0.5) is 19.3 Å². The van der Waals surface area contributed by atoms with Crippen LogP contribution in [0.25, 0.3) is 0 Å². The molecule has 1 aliphatic heterocycles. The lowest BCUT2D eigenvalue weighted by atomic mass is 9.89. The first-order valence-corrected chi connectivity index (χ1v) is 9.13. The number of anilines is 1. The van der Waals surface area contributed by atoms with Crippen molar-refractivity contribution in [2.45, 2.75) is 24.8 Å². The number of halogens is 3. The minimum Gasteiger partial charge on any atom is -0.334 e. The average Bonchev–Trinajstić information content (AvgIpc) is 2.64. The predicted octanol–water partition coefficient (Wildman–Crippen LogP) is 3.98. The number of hydrogen-bond donors (Lipinski definition) is 2. The summed E-state index contributed by atoms with van der Waals surface area (Å²) < 4.78 is 25.6. The third-order valence-corrected chi connectivity index (χ3v) is 4.80. The van der Waals surface area contributed by atoms with Gasteiger partial charge in [0.2, 0.25) is 0 Å². The molecule has 0 aliphatic carbocycles. The number of pyridine rings is 1. The number of carbonyl (C=O) groups is 1. The standard InChI is InChI=1S/C19H21ClF2N4O/c20-13-6-7-16(23-10-13)15-11-26(12-18(21)22)9-8-17(15)25-19(27)24-14-4-2-1-3-5-14/h1-7,10,15,17-18H,8-9,11-12H2,(H2,24,25,27)/t15-,17+/m0/s1. The van der Waals surface area contributed by atoms with Gasteiger partial charge in [0.25, 0.3) is 6.43 Å². The fourth-order valence-electron chi connectivity index (χ4n) is 3.32. The molecule has 2 aromatic rings. The fourth-order valence-corrected chi connectivity index (χ4v) is 3.43. The van der Waals surface area contributed by atoms with Crippen LogP contribution in [0.15, 0.2) is 48.7 Å². The summed E-state index contributed by atoms with van der Waals surface area (Å²) in [6.45, 7) is 0.604. The Bertz CT molecular complexity index is 745. The van der Waals surface area contributed by atoms with E-state index in [9.17, 15) is 13.6 Å². The molecule has 0 saturated carbocycles. The van der Waals surface area contributed by atoms with Crippen LogP contribution in [0.5, 0.6) is 0 Å². The number of carbonyl (C=O) groups excluding carboxylic acids is 1. The van der Waals surface area contributed by atoms with Crippen LogP contribution in [0.1, 0.15) is 18.0 Å². The van der Waals surface area contributed by atoms with E-state index in [4.69, 9.17) is 11.6 Å². The van der Waals surface area contributed by atoms with E-state index in [1.54, 1.807) is 29.2 Å². The number of nitrogens with one attached hydrogen (secondary N) is 2. The number of nitrogens with zero attached hydrogens (tertiary/aromatic N) is 2. The van der Waals surface area contributed by atoms with E-state index in [1.165, 1.54) is 6.20 Å². The van der Waals surface area contributed by atoms with E-state index < -0.39 is 6.43 Å². The van der Waals surface area contributed by atoms with Gasteiger partial charge in [-0.25, -0.2) is 13.6 Å². The van der Waals surface area contributed by atoms with Crippen molar-refractivity contribution < 1.29 is 13.6 Å². The molecule has 0 bridgehead atoms. The van der Waals surface area contributed by atoms with Crippen molar-refractivity contribution >= 4 is 23.3 Å². The van der Waals surface area contributed by atoms with Gasteiger partial charge in [-0.2, -0.15) is 0 Å². The maximum atomic E-state index is 12.8. The normalized spacial score (nSPS) is 20.4. The number of hydrogen-bond acceptors (Lipinski definition) is 3. The highest BCUT2D eigenvalue weighted by Gasteiger charge is 2.33. The summed E-state index contributed by atoms with van der Waals surface area (Å²) in [7, 11) is 0. The van der Waals surface area contributed by atoms with Gasteiger partial charge in [-0.05, 0) is 30.7 Å². The Morgan fingerprint density at radius 2 is 2.04 bits per heavy atom. The molecule has 3 rings (SSSR count). The number of aromatic nitrogens is 1. The van der Waals surface area contributed by atoms with E-state index in [2.05, 4.69) is 15.6 Å². The highest BCUT2D eigenvalue weighted by molar-refractivity contribution is 6.30. The largest absolute Gasteiger partial charge is 0.334 e. The van der Waals surface area contributed by atoms with Crippen LogP contribution >= 0.6 is 11.6 Å². The van der Waals surface area contributed by atoms with Gasteiger partial charge in [-0.3, -0.25) is 9.88 Å². The Balaban J connectivity index is 1.71. The van der Waals surface area contributed by atoms with Crippen LogP contribution in [0.3, 0.4) is 0 Å². The quantitative estimate of drug-likeness (QED) is 0.806. The molecule has 1 aliphatic rings. The predicted molar refractivity (Wildman–Crippen MR) is 101 cm³/mol. The Hall–Kier alpha value is -2.25. The molecule has 1 fully saturated rings. The Morgan fingerprint density at radius 1 is 1.26 bits per heavy atom. The molecule has 144 valence electrons. The highest BCUT2D eigenvalue weighted by Crippen LogP contribution is 2.27. The molecular formula is C19H21ClF2N4O. The lowest BCUT2D eigenvalue weighted by Gasteiger charge is -2.38. The molecule has 0 radical (unpaired) electrons. The number of likely N-dealkylation sites (tertiary alicyclic amines) is 1. The van der Waals surface area contributed by atoms with Gasteiger partial charge in [0.1, 0.15) is 0 Å². The minimum absolute atomic E-state index is 0.198. The molecular weight excluding hydrogens is 374 g/mol. The zero-order valence-electron chi connectivity index (χ0n) is 14.6. The molecule has 2 N–H and O–H groups in total. The van der Waals surface area contributed by atoms with Gasteiger partial charge < -0.3 is 10.6 Å². The third-order valence-electron chi connectivity index (χ3n) is 4.57. The number of benzene rings is 1. The molecule has 1 aromatic heterocycles. The van der Waals surface area contributed by atoms with E-state index in [-0.39, 0.29) is 24.5 Å². The summed E-state index contributed by atoms with van der Waals surface area (Å²) in [6, 6.07) is 12.1. The molecule has 2 heterocycles. The maximum Gasteiger partial charge on any atom is 0.319 e. The number of alkyl halides is 2. The van der Waals surface area contributed by atoms with Gasteiger partial charge in [0.05, 0.1) is 11.6 Å². The molecule has 0 spiro atoms. The highest BCUT2D eigenvalue weighted by atomic mass is 35.5. The number of urea groups is 1. The summed E-state index contributed by atoms with van der Waals surface area (Å²) in [5, 5.41) is 6.26. The van der Waals surface area contributed by atoms with Crippen LogP contribution < -0.4 is 10.6 Å². The van der Waals surface area contributed by atoms with Crippen LogP contribution in [0.2, 0.25) is 5.02 Å². The molecule has 27 heavy (non-hydrogen) atoms. The lowest BCUT2D eigenvalue weighted by Crippen LogP contribution is -2.51. The van der Waals surface area contributed by atoms with Crippen molar-refractivity contribution in [2.24, 2.45) is 0 Å². The Morgan fingerprint density at radius 3 is 2.70 bits per heavy atom. The summed E-state index contributed by atoms with van der Waals surface area (Å²) >= 11 is 5.91. The second kappa shape index (κ2) is 9.10. The van der Waals surface area contributed by atoms with Crippen molar-refractivity contribution in [3.05, 3.63) is 59.4 Å². The first kappa shape index (κ1) is 19.5. The van der Waals surface area contributed by atoms with Crippen molar-refractivity contribution in [1.82, 2.24) is 15.2 Å². The first-order valence-electron chi connectivity index (χ1n) is 8.76. The number of piperidine rings is 1. The fraction of sp³-hybridized carbons (Fsp3) is 0.368. The topological polar surface area (TPSA) is 57.3 Å². The van der Waals surface area contributed by atoms with E-state index in [1.807, 2.05) is 18.2 Å². The summed E-state index contributed by atoms with van der Waals surface area (Å²) in [5.74, 6) is -0.198. The minimum atomic E-state index is -2.39. The Labute approximate surface area is 161 Å². The summed E-state index contributed by atoms with van der Waals surface area (Å²) in [6.07, 6.45) is -0.303. The van der Waals surface area contributed by atoms with Gasteiger partial charge in [0, 0.05) is 42.6 Å². The molecule has 0 unspecified atom stereocenters. The van der Waals surface area contributed by atoms with Gasteiger partial charge in [0.15, 0.2) is 0 Å². The molecule has 2 amide bonds. The monoisotopic (exact) mass is 394 g/mol.